The summed E-state index contributed by atoms with van der Waals surface area (Å²) in [6, 6.07) is 8.01. The summed E-state index contributed by atoms with van der Waals surface area (Å²) < 4.78 is 5.40. The summed E-state index contributed by atoms with van der Waals surface area (Å²) in [6.45, 7) is 6.09. The third-order valence-electron chi connectivity index (χ3n) is 4.37. The van der Waals surface area contributed by atoms with Gasteiger partial charge >= 0.3 is 0 Å². The number of carbonyl (C=O) groups is 1. The molecule has 0 aliphatic carbocycles. The van der Waals surface area contributed by atoms with Gasteiger partial charge in [-0.1, -0.05) is 12.1 Å². The number of para-hydroxylation sites is 2. The minimum atomic E-state index is -0.446. The van der Waals surface area contributed by atoms with Crippen molar-refractivity contribution in [1.82, 2.24) is 5.32 Å². The summed E-state index contributed by atoms with van der Waals surface area (Å²) in [4.78, 5) is 14.8. The van der Waals surface area contributed by atoms with E-state index in [2.05, 4.69) is 21.6 Å². The molecule has 0 radical (unpaired) electrons. The van der Waals surface area contributed by atoms with Crippen molar-refractivity contribution in [3.05, 3.63) is 24.3 Å². The molecule has 1 atom stereocenters. The summed E-state index contributed by atoms with van der Waals surface area (Å²) in [7, 11) is 0. The Balaban J connectivity index is 1.77. The second-order valence-electron chi connectivity index (χ2n) is 5.93. The van der Waals surface area contributed by atoms with E-state index in [0.29, 0.717) is 0 Å². The zero-order valence-corrected chi connectivity index (χ0v) is 12.5. The molecule has 1 amide bonds. The Labute approximate surface area is 125 Å². The lowest BCUT2D eigenvalue weighted by Crippen LogP contribution is -2.48. The molecule has 3 rings (SSSR count). The third-order valence-corrected chi connectivity index (χ3v) is 4.37. The Morgan fingerprint density at radius 2 is 2.10 bits per heavy atom. The molecule has 114 valence electrons. The molecular weight excluding hydrogens is 266 g/mol. The van der Waals surface area contributed by atoms with E-state index in [1.165, 1.54) is 0 Å². The second-order valence-corrected chi connectivity index (χ2v) is 5.93. The van der Waals surface area contributed by atoms with Crippen LogP contribution in [0, 0.1) is 0 Å². The molecule has 2 fully saturated rings. The van der Waals surface area contributed by atoms with Crippen LogP contribution in [0.2, 0.25) is 0 Å². The van der Waals surface area contributed by atoms with E-state index in [9.17, 15) is 4.79 Å². The number of amides is 1. The lowest BCUT2D eigenvalue weighted by molar-refractivity contribution is -0.121. The first-order valence-electron chi connectivity index (χ1n) is 7.67. The normalized spacial score (nSPS) is 25.9. The molecule has 21 heavy (non-hydrogen) atoms. The van der Waals surface area contributed by atoms with Crippen LogP contribution in [0.25, 0.3) is 0 Å². The lowest BCUT2D eigenvalue weighted by atomic mass is 9.99. The first-order valence-corrected chi connectivity index (χ1v) is 7.67. The molecule has 0 aromatic heterocycles. The average Bonchev–Trinajstić information content (AvgIpc) is 2.97. The summed E-state index contributed by atoms with van der Waals surface area (Å²) in [5, 5.41) is 6.41. The maximum absolute atomic E-state index is 12.6. The quantitative estimate of drug-likeness (QED) is 0.887. The number of morpholine rings is 1. The predicted molar refractivity (Wildman–Crippen MR) is 83.7 cm³/mol. The van der Waals surface area contributed by atoms with Crippen LogP contribution in [-0.2, 0) is 9.53 Å². The van der Waals surface area contributed by atoms with Crippen molar-refractivity contribution in [2.75, 3.05) is 43.1 Å². The highest BCUT2D eigenvalue weighted by molar-refractivity contribution is 6.00. The number of hydrogen-bond acceptors (Lipinski definition) is 4. The van der Waals surface area contributed by atoms with Gasteiger partial charge in [-0.05, 0) is 38.4 Å². The molecule has 0 saturated carbocycles. The van der Waals surface area contributed by atoms with Gasteiger partial charge in [0.05, 0.1) is 30.1 Å². The lowest BCUT2D eigenvalue weighted by Gasteiger charge is -2.31. The van der Waals surface area contributed by atoms with Gasteiger partial charge < -0.3 is 20.3 Å². The van der Waals surface area contributed by atoms with Crippen LogP contribution in [0.5, 0.6) is 0 Å². The molecule has 1 unspecified atom stereocenters. The molecule has 2 N–H and O–H groups in total. The minimum Gasteiger partial charge on any atom is -0.378 e. The highest BCUT2D eigenvalue weighted by Gasteiger charge is 2.36. The zero-order chi connectivity index (χ0) is 14.7. The van der Waals surface area contributed by atoms with Crippen molar-refractivity contribution in [2.24, 2.45) is 0 Å². The van der Waals surface area contributed by atoms with Crippen molar-refractivity contribution in [1.29, 1.82) is 0 Å². The average molecular weight is 289 g/mol. The molecule has 2 aliphatic heterocycles. The van der Waals surface area contributed by atoms with E-state index < -0.39 is 5.54 Å². The van der Waals surface area contributed by atoms with Gasteiger partial charge in [-0.2, -0.15) is 0 Å². The van der Waals surface area contributed by atoms with Gasteiger partial charge in [-0.25, -0.2) is 0 Å². The van der Waals surface area contributed by atoms with Crippen LogP contribution in [0.15, 0.2) is 24.3 Å². The molecule has 0 bridgehead atoms. The summed E-state index contributed by atoms with van der Waals surface area (Å²) in [6.07, 6.45) is 1.94. The van der Waals surface area contributed by atoms with Crippen LogP contribution < -0.4 is 15.5 Å². The van der Waals surface area contributed by atoms with Crippen molar-refractivity contribution in [2.45, 2.75) is 25.3 Å². The largest absolute Gasteiger partial charge is 0.378 e. The van der Waals surface area contributed by atoms with Gasteiger partial charge in [-0.3, -0.25) is 4.79 Å². The molecule has 5 heteroatoms. The first kappa shape index (κ1) is 14.4. The van der Waals surface area contributed by atoms with Gasteiger partial charge in [0, 0.05) is 13.1 Å². The Morgan fingerprint density at radius 1 is 1.33 bits per heavy atom. The monoisotopic (exact) mass is 289 g/mol. The van der Waals surface area contributed by atoms with Crippen LogP contribution in [0.1, 0.15) is 19.8 Å². The number of hydrogen-bond donors (Lipinski definition) is 2. The summed E-state index contributed by atoms with van der Waals surface area (Å²) >= 11 is 0. The SMILES string of the molecule is CC1(C(=O)Nc2ccccc2N2CCOCC2)CCCN1. The molecule has 1 aromatic rings. The van der Waals surface area contributed by atoms with Gasteiger partial charge in [0.15, 0.2) is 0 Å². The summed E-state index contributed by atoms with van der Waals surface area (Å²) in [5.41, 5.74) is 1.52. The molecular formula is C16H23N3O2. The maximum atomic E-state index is 12.6. The van der Waals surface area contributed by atoms with Crippen LogP contribution >= 0.6 is 0 Å². The van der Waals surface area contributed by atoms with Crippen molar-refractivity contribution < 1.29 is 9.53 Å². The van der Waals surface area contributed by atoms with Crippen LogP contribution in [0.4, 0.5) is 11.4 Å². The van der Waals surface area contributed by atoms with E-state index >= 15 is 0 Å². The number of nitrogens with one attached hydrogen (secondary N) is 2. The fraction of sp³-hybridized carbons (Fsp3) is 0.562. The number of nitrogens with zero attached hydrogens (tertiary/aromatic N) is 1. The highest BCUT2D eigenvalue weighted by Crippen LogP contribution is 2.28. The van der Waals surface area contributed by atoms with Gasteiger partial charge in [0.1, 0.15) is 0 Å². The number of rotatable bonds is 3. The number of ether oxygens (including phenoxy) is 1. The first-order chi connectivity index (χ1) is 10.2. The molecule has 2 saturated heterocycles. The third kappa shape index (κ3) is 3.04. The fourth-order valence-corrected chi connectivity index (χ4v) is 3.01. The van der Waals surface area contributed by atoms with Gasteiger partial charge in [-0.15, -0.1) is 0 Å². The van der Waals surface area contributed by atoms with E-state index in [0.717, 1.165) is 57.1 Å². The second kappa shape index (κ2) is 6.03. The van der Waals surface area contributed by atoms with Crippen molar-refractivity contribution in [3.8, 4) is 0 Å². The molecule has 2 heterocycles. The molecule has 5 nitrogen and oxygen atoms in total. The zero-order valence-electron chi connectivity index (χ0n) is 12.5. The number of anilines is 2. The number of benzene rings is 1. The molecule has 1 aromatic carbocycles. The Hall–Kier alpha value is -1.59. The highest BCUT2D eigenvalue weighted by atomic mass is 16.5. The summed E-state index contributed by atoms with van der Waals surface area (Å²) in [5.74, 6) is 0.0562. The van der Waals surface area contributed by atoms with Crippen LogP contribution in [-0.4, -0.2) is 44.3 Å². The minimum absolute atomic E-state index is 0.0562. The van der Waals surface area contributed by atoms with Crippen LogP contribution in [0.3, 0.4) is 0 Å². The van der Waals surface area contributed by atoms with E-state index in [-0.39, 0.29) is 5.91 Å². The Bertz CT molecular complexity index is 506. The molecule has 0 spiro atoms. The predicted octanol–water partition coefficient (Wildman–Crippen LogP) is 1.60. The standard InChI is InChI=1S/C16H23N3O2/c1-16(7-4-8-17-16)15(20)18-13-5-2-3-6-14(13)19-9-11-21-12-10-19/h2-3,5-6,17H,4,7-12H2,1H3,(H,18,20). The Kier molecular flexibility index (Phi) is 4.12. The smallest absolute Gasteiger partial charge is 0.244 e. The van der Waals surface area contributed by atoms with Gasteiger partial charge in [0.2, 0.25) is 5.91 Å². The van der Waals surface area contributed by atoms with Crippen molar-refractivity contribution >= 4 is 17.3 Å². The van der Waals surface area contributed by atoms with E-state index in [1.807, 2.05) is 25.1 Å². The topological polar surface area (TPSA) is 53.6 Å². The maximum Gasteiger partial charge on any atom is 0.244 e. The van der Waals surface area contributed by atoms with Gasteiger partial charge in [0.25, 0.3) is 0 Å². The van der Waals surface area contributed by atoms with E-state index in [1.54, 1.807) is 0 Å². The molecule has 2 aliphatic rings. The van der Waals surface area contributed by atoms with E-state index in [4.69, 9.17) is 4.74 Å². The fourth-order valence-electron chi connectivity index (χ4n) is 3.01. The number of carbonyl (C=O) groups excluding carboxylic acids is 1. The Morgan fingerprint density at radius 3 is 2.81 bits per heavy atom. The van der Waals surface area contributed by atoms with Crippen molar-refractivity contribution in [3.63, 3.8) is 0 Å².